The molecule has 0 saturated heterocycles. The number of carbonyl (C=O) groups excluding carboxylic acids is 3. The van der Waals surface area contributed by atoms with E-state index in [1.54, 1.807) is 0 Å². The van der Waals surface area contributed by atoms with Crippen molar-refractivity contribution in [2.75, 3.05) is 0 Å². The summed E-state index contributed by atoms with van der Waals surface area (Å²) in [5, 5.41) is 11.7. The highest BCUT2D eigenvalue weighted by Crippen LogP contribution is 2.17. The number of hydrogen-bond donors (Lipinski definition) is 2. The quantitative estimate of drug-likeness (QED) is 0.342. The van der Waals surface area contributed by atoms with Crippen LogP contribution in [0, 0.1) is 0 Å². The number of ketones is 1. The van der Waals surface area contributed by atoms with Crippen LogP contribution in [-0.4, -0.2) is 40.2 Å². The number of hydrazine groups is 1. The van der Waals surface area contributed by atoms with Crippen LogP contribution >= 0.6 is 0 Å². The zero-order valence-electron chi connectivity index (χ0n) is 19.8. The maximum absolute atomic E-state index is 13.0. The minimum absolute atomic E-state index is 0.01000. The van der Waals surface area contributed by atoms with Crippen LogP contribution in [0.25, 0.3) is 0 Å². The van der Waals surface area contributed by atoms with Gasteiger partial charge in [0.1, 0.15) is 19.0 Å². The lowest BCUT2D eigenvalue weighted by molar-refractivity contribution is -0.120. The summed E-state index contributed by atoms with van der Waals surface area (Å²) < 4.78 is 10.7. The van der Waals surface area contributed by atoms with E-state index in [9.17, 15) is 19.5 Å². The number of hydrogen-bond acceptors (Lipinski definition) is 6. The van der Waals surface area contributed by atoms with Crippen LogP contribution in [-0.2, 0) is 27.5 Å². The summed E-state index contributed by atoms with van der Waals surface area (Å²) in [4.78, 5) is 37.2. The molecule has 0 aliphatic carbocycles. The highest BCUT2D eigenvalue weighted by Gasteiger charge is 2.33. The summed E-state index contributed by atoms with van der Waals surface area (Å²) in [6.45, 7) is 3.40. The fourth-order valence-electron chi connectivity index (χ4n) is 3.43. The van der Waals surface area contributed by atoms with Gasteiger partial charge in [-0.2, -0.15) is 0 Å². The third-order valence-corrected chi connectivity index (χ3v) is 5.20. The number of aliphatic hydroxyl groups excluding tert-OH is 1. The van der Waals surface area contributed by atoms with Crippen molar-refractivity contribution in [1.82, 2.24) is 10.4 Å². The molecule has 8 nitrogen and oxygen atoms in total. The smallest absolute Gasteiger partial charge is 0.429 e. The number of aliphatic hydroxyl groups is 1. The Morgan fingerprint density at radius 1 is 0.912 bits per heavy atom. The van der Waals surface area contributed by atoms with E-state index >= 15 is 0 Å². The van der Waals surface area contributed by atoms with Gasteiger partial charge in [-0.1, -0.05) is 86.8 Å². The van der Waals surface area contributed by atoms with Crippen LogP contribution in [0.3, 0.4) is 0 Å². The molecule has 0 saturated carbocycles. The summed E-state index contributed by atoms with van der Waals surface area (Å²) in [5.41, 5.74) is 3.99. The third kappa shape index (κ3) is 9.62. The molecule has 0 aliphatic heterocycles. The van der Waals surface area contributed by atoms with Crippen LogP contribution in [0.15, 0.2) is 60.7 Å². The largest absolute Gasteiger partial charge is 0.443 e. The highest BCUT2D eigenvalue weighted by molar-refractivity contribution is 5.77. The molecule has 0 heterocycles. The lowest BCUT2D eigenvalue weighted by Gasteiger charge is -2.33. The normalized spacial score (nSPS) is 12.3. The van der Waals surface area contributed by atoms with E-state index < -0.39 is 24.3 Å². The third-order valence-electron chi connectivity index (χ3n) is 5.20. The summed E-state index contributed by atoms with van der Waals surface area (Å²) in [6, 6.07) is 17.4. The Kier molecular flexibility index (Phi) is 11.6. The van der Waals surface area contributed by atoms with Crippen LogP contribution < -0.4 is 5.43 Å². The van der Waals surface area contributed by atoms with Crippen molar-refractivity contribution in [2.45, 2.75) is 71.3 Å². The lowest BCUT2D eigenvalue weighted by atomic mass is 9.99. The van der Waals surface area contributed by atoms with E-state index in [2.05, 4.69) is 5.43 Å². The zero-order valence-corrected chi connectivity index (χ0v) is 19.8. The molecule has 2 N–H and O–H groups in total. The molecule has 34 heavy (non-hydrogen) atoms. The Hall–Kier alpha value is -3.39. The summed E-state index contributed by atoms with van der Waals surface area (Å²) in [6.07, 6.45) is -0.162. The molecular weight excluding hydrogens is 436 g/mol. The number of Topliss-reactive ketones (excluding diaryl/α,β-unsaturated/α-hetero) is 1. The van der Waals surface area contributed by atoms with Gasteiger partial charge in [0.25, 0.3) is 0 Å². The predicted molar refractivity (Wildman–Crippen MR) is 127 cm³/mol. The number of carbonyl (C=O) groups is 3. The fraction of sp³-hybridized carbons (Fsp3) is 0.423. The van der Waals surface area contributed by atoms with Gasteiger partial charge >= 0.3 is 12.2 Å². The number of unbranched alkanes of at least 4 members (excludes halogenated alkanes) is 2. The van der Waals surface area contributed by atoms with Crippen molar-refractivity contribution in [3.63, 3.8) is 0 Å². The molecule has 0 radical (unpaired) electrons. The summed E-state index contributed by atoms with van der Waals surface area (Å²) >= 11 is 0. The first-order valence-corrected chi connectivity index (χ1v) is 11.6. The molecule has 0 fully saturated rings. The molecule has 2 aromatic rings. The van der Waals surface area contributed by atoms with Gasteiger partial charge in [-0.15, -0.1) is 0 Å². The summed E-state index contributed by atoms with van der Waals surface area (Å²) in [7, 11) is 0. The van der Waals surface area contributed by atoms with Gasteiger partial charge in [-0.3, -0.25) is 4.79 Å². The topological polar surface area (TPSA) is 105 Å². The maximum atomic E-state index is 13.0. The van der Waals surface area contributed by atoms with E-state index in [1.807, 2.05) is 67.6 Å². The molecular formula is C26H34N2O6. The van der Waals surface area contributed by atoms with Crippen molar-refractivity contribution >= 4 is 18.0 Å². The Balaban J connectivity index is 2.15. The number of amides is 2. The van der Waals surface area contributed by atoms with Crippen molar-refractivity contribution in [2.24, 2.45) is 0 Å². The first kappa shape index (κ1) is 26.9. The molecule has 2 atom stereocenters. The van der Waals surface area contributed by atoms with Gasteiger partial charge in [-0.25, -0.2) is 20.0 Å². The molecule has 2 amide bonds. The zero-order chi connectivity index (χ0) is 24.8. The van der Waals surface area contributed by atoms with Crippen LogP contribution in [0.1, 0.15) is 57.1 Å². The number of ether oxygens (including phenoxy) is 2. The average molecular weight is 471 g/mol. The van der Waals surface area contributed by atoms with Gasteiger partial charge in [0.15, 0.2) is 0 Å². The molecule has 0 bridgehead atoms. The SMILES string of the molecule is CCCCC[C@H]([C@H](O)CC(C)=O)N(NC(=O)OCc1ccccc1)C(=O)OCc1ccccc1. The van der Waals surface area contributed by atoms with Crippen molar-refractivity contribution in [1.29, 1.82) is 0 Å². The first-order chi connectivity index (χ1) is 16.4. The van der Waals surface area contributed by atoms with Gasteiger partial charge in [0, 0.05) is 6.42 Å². The molecule has 8 heteroatoms. The van der Waals surface area contributed by atoms with E-state index in [-0.39, 0.29) is 25.4 Å². The van der Waals surface area contributed by atoms with Crippen LogP contribution in [0.2, 0.25) is 0 Å². The van der Waals surface area contributed by atoms with Gasteiger partial charge < -0.3 is 14.6 Å². The number of nitrogens with zero attached hydrogens (tertiary/aromatic N) is 1. The van der Waals surface area contributed by atoms with E-state index in [0.717, 1.165) is 29.0 Å². The standard InChI is InChI=1S/C26H34N2O6/c1-3-4-7-16-23(24(30)17-20(2)29)28(26(32)34-19-22-14-10-6-11-15-22)27-25(31)33-18-21-12-8-5-9-13-21/h5-6,8-15,23-24,30H,3-4,7,16-19H2,1-2H3,(H,27,31)/t23-,24-/m1/s1. The van der Waals surface area contributed by atoms with E-state index in [1.165, 1.54) is 6.92 Å². The molecule has 184 valence electrons. The molecule has 0 aliphatic rings. The Morgan fingerprint density at radius 2 is 1.47 bits per heavy atom. The Morgan fingerprint density at radius 3 is 2.00 bits per heavy atom. The van der Waals surface area contributed by atoms with Crippen molar-refractivity contribution in [3.8, 4) is 0 Å². The fourth-order valence-corrected chi connectivity index (χ4v) is 3.43. The van der Waals surface area contributed by atoms with E-state index in [0.29, 0.717) is 12.8 Å². The van der Waals surface area contributed by atoms with Crippen LogP contribution in [0.5, 0.6) is 0 Å². The number of benzene rings is 2. The Bertz CT molecular complexity index is 891. The van der Waals surface area contributed by atoms with Gasteiger partial charge in [0.2, 0.25) is 0 Å². The summed E-state index contributed by atoms with van der Waals surface area (Å²) in [5.74, 6) is -0.225. The minimum atomic E-state index is -1.17. The highest BCUT2D eigenvalue weighted by atomic mass is 16.6. The van der Waals surface area contributed by atoms with Gasteiger partial charge in [-0.05, 0) is 24.5 Å². The second-order valence-electron chi connectivity index (χ2n) is 8.12. The maximum Gasteiger partial charge on any atom is 0.429 e. The predicted octanol–water partition coefficient (Wildman–Crippen LogP) is 4.76. The van der Waals surface area contributed by atoms with Gasteiger partial charge in [0.05, 0.1) is 12.1 Å². The number of rotatable bonds is 12. The monoisotopic (exact) mass is 470 g/mol. The molecule has 2 rings (SSSR count). The van der Waals surface area contributed by atoms with E-state index in [4.69, 9.17) is 9.47 Å². The second kappa shape index (κ2) is 14.7. The van der Waals surface area contributed by atoms with Crippen molar-refractivity contribution < 1.29 is 29.0 Å². The Labute approximate surface area is 200 Å². The molecule has 0 aromatic heterocycles. The molecule has 0 unspecified atom stereocenters. The van der Waals surface area contributed by atoms with Crippen molar-refractivity contribution in [3.05, 3.63) is 71.8 Å². The molecule has 0 spiro atoms. The minimum Gasteiger partial charge on any atom is -0.443 e. The van der Waals surface area contributed by atoms with Crippen LogP contribution in [0.4, 0.5) is 9.59 Å². The molecule has 2 aromatic carbocycles. The average Bonchev–Trinajstić information content (AvgIpc) is 2.83. The number of nitrogens with one attached hydrogen (secondary N) is 1. The lowest BCUT2D eigenvalue weighted by Crippen LogP contribution is -2.56. The second-order valence-corrected chi connectivity index (χ2v) is 8.12. The first-order valence-electron chi connectivity index (χ1n) is 11.6.